The van der Waals surface area contributed by atoms with E-state index >= 15 is 0 Å². The highest BCUT2D eigenvalue weighted by molar-refractivity contribution is 5.78. The minimum atomic E-state index is -0.00467. The van der Waals surface area contributed by atoms with Crippen molar-refractivity contribution < 1.29 is 14.1 Å². The molecule has 4 heterocycles. The van der Waals surface area contributed by atoms with Gasteiger partial charge in [-0.1, -0.05) is 11.2 Å². The fourth-order valence-corrected chi connectivity index (χ4v) is 3.35. The number of ether oxygens (including phenoxy) is 1. The molecule has 1 amide bonds. The first-order chi connectivity index (χ1) is 12.3. The highest BCUT2D eigenvalue weighted by Gasteiger charge is 2.33. The molecule has 8 heteroatoms. The van der Waals surface area contributed by atoms with E-state index in [1.54, 1.807) is 6.20 Å². The van der Waals surface area contributed by atoms with E-state index < -0.39 is 0 Å². The lowest BCUT2D eigenvalue weighted by molar-refractivity contribution is -0.136. The summed E-state index contributed by atoms with van der Waals surface area (Å²) in [6.07, 6.45) is 3.64. The highest BCUT2D eigenvalue weighted by Crippen LogP contribution is 2.31. The van der Waals surface area contributed by atoms with E-state index in [0.717, 1.165) is 19.4 Å². The number of nitrogens with zero attached hydrogens (tertiary/aromatic N) is 5. The largest absolute Gasteiger partial charge is 0.378 e. The number of pyridine rings is 1. The molecule has 0 aromatic carbocycles. The topological polar surface area (TPSA) is 84.6 Å². The van der Waals surface area contributed by atoms with Crippen molar-refractivity contribution in [2.75, 3.05) is 39.4 Å². The van der Waals surface area contributed by atoms with Gasteiger partial charge in [-0.05, 0) is 31.5 Å². The van der Waals surface area contributed by atoms with Crippen LogP contribution in [0.2, 0.25) is 0 Å². The van der Waals surface area contributed by atoms with Crippen LogP contribution < -0.4 is 0 Å². The minimum Gasteiger partial charge on any atom is -0.378 e. The number of amides is 1. The van der Waals surface area contributed by atoms with Crippen LogP contribution in [0.3, 0.4) is 0 Å². The molecule has 2 aromatic heterocycles. The fraction of sp³-hybridized carbons (Fsp3) is 0.529. The van der Waals surface area contributed by atoms with Crippen molar-refractivity contribution in [3.05, 3.63) is 30.3 Å². The summed E-state index contributed by atoms with van der Waals surface area (Å²) in [6, 6.07) is 5.58. The van der Waals surface area contributed by atoms with Crippen molar-refractivity contribution in [1.82, 2.24) is 24.9 Å². The maximum atomic E-state index is 12.5. The molecule has 4 rings (SSSR count). The number of aromatic nitrogens is 3. The van der Waals surface area contributed by atoms with Crippen LogP contribution in [0.25, 0.3) is 11.5 Å². The van der Waals surface area contributed by atoms with Crippen LogP contribution in [0.15, 0.2) is 28.9 Å². The Labute approximate surface area is 145 Å². The molecule has 0 N–H and O–H groups in total. The molecule has 0 bridgehead atoms. The van der Waals surface area contributed by atoms with Crippen LogP contribution in [0.4, 0.5) is 0 Å². The predicted molar refractivity (Wildman–Crippen MR) is 88.5 cm³/mol. The first kappa shape index (κ1) is 16.2. The van der Waals surface area contributed by atoms with Crippen LogP contribution in [0.1, 0.15) is 24.8 Å². The Hall–Kier alpha value is -2.32. The zero-order valence-electron chi connectivity index (χ0n) is 14.0. The molecule has 2 saturated heterocycles. The molecule has 0 radical (unpaired) electrons. The molecule has 0 spiro atoms. The Morgan fingerprint density at radius 3 is 2.92 bits per heavy atom. The molecule has 8 nitrogen and oxygen atoms in total. The maximum absolute atomic E-state index is 12.5. The van der Waals surface area contributed by atoms with Crippen molar-refractivity contribution in [2.24, 2.45) is 0 Å². The van der Waals surface area contributed by atoms with Gasteiger partial charge in [0.2, 0.25) is 17.6 Å². The van der Waals surface area contributed by atoms with Crippen molar-refractivity contribution in [3.8, 4) is 11.5 Å². The van der Waals surface area contributed by atoms with Crippen molar-refractivity contribution in [1.29, 1.82) is 0 Å². The van der Waals surface area contributed by atoms with Crippen LogP contribution >= 0.6 is 0 Å². The Morgan fingerprint density at radius 1 is 1.24 bits per heavy atom. The third kappa shape index (κ3) is 3.54. The SMILES string of the molecule is O=C(CN1CCC[C@H]1c1nc(-c2ccccn2)no1)N1CCOCC1. The number of carbonyl (C=O) groups excluding carboxylic acids is 1. The second kappa shape index (κ2) is 7.28. The lowest BCUT2D eigenvalue weighted by Crippen LogP contribution is -2.45. The maximum Gasteiger partial charge on any atom is 0.244 e. The molecule has 1 atom stereocenters. The first-order valence-electron chi connectivity index (χ1n) is 8.66. The summed E-state index contributed by atoms with van der Waals surface area (Å²) in [5.74, 6) is 1.19. The molecule has 2 aliphatic rings. The standard InChI is InChI=1S/C17H21N5O3/c23-15(21-8-10-24-11-9-21)12-22-7-3-5-14(22)17-19-16(20-25-17)13-4-1-2-6-18-13/h1-2,4,6,14H,3,5,7-12H2/t14-/m0/s1. The van der Waals surface area contributed by atoms with Gasteiger partial charge in [-0.25, -0.2) is 0 Å². The molecule has 0 saturated carbocycles. The quantitative estimate of drug-likeness (QED) is 0.822. The molecule has 2 fully saturated rings. The third-order valence-electron chi connectivity index (χ3n) is 4.69. The van der Waals surface area contributed by atoms with Gasteiger partial charge < -0.3 is 14.2 Å². The van der Waals surface area contributed by atoms with Gasteiger partial charge in [0, 0.05) is 19.3 Å². The van der Waals surface area contributed by atoms with Gasteiger partial charge in [0.05, 0.1) is 25.8 Å². The van der Waals surface area contributed by atoms with Gasteiger partial charge in [0.15, 0.2) is 0 Å². The summed E-state index contributed by atoms with van der Waals surface area (Å²) in [5.41, 5.74) is 0.687. The van der Waals surface area contributed by atoms with Crippen LogP contribution in [0.5, 0.6) is 0 Å². The molecular formula is C17H21N5O3. The molecule has 2 aliphatic heterocycles. The van der Waals surface area contributed by atoms with E-state index in [1.165, 1.54) is 0 Å². The van der Waals surface area contributed by atoms with Crippen LogP contribution in [0, 0.1) is 0 Å². The van der Waals surface area contributed by atoms with Gasteiger partial charge in [0.1, 0.15) is 5.69 Å². The second-order valence-corrected chi connectivity index (χ2v) is 6.29. The van der Waals surface area contributed by atoms with Crippen molar-refractivity contribution in [3.63, 3.8) is 0 Å². The minimum absolute atomic E-state index is 0.00467. The van der Waals surface area contributed by atoms with Crippen molar-refractivity contribution in [2.45, 2.75) is 18.9 Å². The van der Waals surface area contributed by atoms with E-state index in [1.807, 2.05) is 23.1 Å². The lowest BCUT2D eigenvalue weighted by atomic mass is 10.2. The van der Waals surface area contributed by atoms with E-state index in [2.05, 4.69) is 20.0 Å². The van der Waals surface area contributed by atoms with Crippen LogP contribution in [-0.4, -0.2) is 70.2 Å². The Morgan fingerprint density at radius 2 is 2.12 bits per heavy atom. The molecule has 132 valence electrons. The summed E-state index contributed by atoms with van der Waals surface area (Å²) in [5, 5.41) is 4.05. The fourth-order valence-electron chi connectivity index (χ4n) is 3.35. The Kier molecular flexibility index (Phi) is 4.71. The summed E-state index contributed by atoms with van der Waals surface area (Å²) in [4.78, 5) is 25.3. The van der Waals surface area contributed by atoms with Crippen molar-refractivity contribution >= 4 is 5.91 Å². The summed E-state index contributed by atoms with van der Waals surface area (Å²) >= 11 is 0. The van der Waals surface area contributed by atoms with E-state index in [0.29, 0.717) is 50.3 Å². The predicted octanol–water partition coefficient (Wildman–Crippen LogP) is 1.13. The van der Waals surface area contributed by atoms with E-state index in [-0.39, 0.29) is 11.9 Å². The summed E-state index contributed by atoms with van der Waals surface area (Å²) < 4.78 is 10.8. The lowest BCUT2D eigenvalue weighted by Gasteiger charge is -2.29. The average Bonchev–Trinajstić information content (AvgIpc) is 3.32. The van der Waals surface area contributed by atoms with E-state index in [9.17, 15) is 4.79 Å². The smallest absolute Gasteiger partial charge is 0.244 e. The Balaban J connectivity index is 1.44. The number of morpholine rings is 1. The number of hydrogen-bond donors (Lipinski definition) is 0. The van der Waals surface area contributed by atoms with E-state index in [4.69, 9.17) is 9.26 Å². The number of rotatable bonds is 4. The van der Waals surface area contributed by atoms with Gasteiger partial charge in [-0.2, -0.15) is 4.98 Å². The zero-order chi connectivity index (χ0) is 17.1. The molecular weight excluding hydrogens is 322 g/mol. The monoisotopic (exact) mass is 343 g/mol. The summed E-state index contributed by atoms with van der Waals surface area (Å²) in [6.45, 7) is 3.82. The Bertz CT molecular complexity index is 714. The number of likely N-dealkylation sites (tertiary alicyclic amines) is 1. The van der Waals surface area contributed by atoms with Crippen LogP contribution in [-0.2, 0) is 9.53 Å². The average molecular weight is 343 g/mol. The molecule has 25 heavy (non-hydrogen) atoms. The molecule has 2 aromatic rings. The van der Waals surface area contributed by atoms with Gasteiger partial charge in [-0.15, -0.1) is 0 Å². The number of hydrogen-bond acceptors (Lipinski definition) is 7. The zero-order valence-corrected chi connectivity index (χ0v) is 14.0. The molecule has 0 unspecified atom stereocenters. The first-order valence-corrected chi connectivity index (χ1v) is 8.66. The summed E-state index contributed by atoms with van der Waals surface area (Å²) in [7, 11) is 0. The highest BCUT2D eigenvalue weighted by atomic mass is 16.5. The van der Waals surface area contributed by atoms with Gasteiger partial charge in [0.25, 0.3) is 0 Å². The third-order valence-corrected chi connectivity index (χ3v) is 4.69. The molecule has 0 aliphatic carbocycles. The van der Waals surface area contributed by atoms with Gasteiger partial charge in [-0.3, -0.25) is 14.7 Å². The van der Waals surface area contributed by atoms with Gasteiger partial charge >= 0.3 is 0 Å². The number of carbonyl (C=O) groups is 1. The normalized spacial score (nSPS) is 21.6. The second-order valence-electron chi connectivity index (χ2n) is 6.29.